The van der Waals surface area contributed by atoms with Crippen molar-refractivity contribution in [1.29, 1.82) is 0 Å². The molecular formula is C17H16BrNO4. The van der Waals surface area contributed by atoms with Gasteiger partial charge >= 0.3 is 5.97 Å². The lowest BCUT2D eigenvalue weighted by Crippen LogP contribution is -2.14. The third-order valence-electron chi connectivity index (χ3n) is 3.05. The van der Waals surface area contributed by atoms with Gasteiger partial charge in [0.2, 0.25) is 0 Å². The van der Waals surface area contributed by atoms with Gasteiger partial charge in [-0.25, -0.2) is 4.79 Å². The molecule has 0 atom stereocenters. The number of ether oxygens (including phenoxy) is 2. The Kier molecular flexibility index (Phi) is 5.76. The predicted molar refractivity (Wildman–Crippen MR) is 91.0 cm³/mol. The SMILES string of the molecule is CCOc1ccc(Br)cc1C(=O)Nc1ccc(C(=O)OC)cc1. The van der Waals surface area contributed by atoms with Gasteiger partial charge in [-0.05, 0) is 49.4 Å². The Hall–Kier alpha value is -2.34. The molecule has 0 heterocycles. The molecule has 1 N–H and O–H groups in total. The lowest BCUT2D eigenvalue weighted by molar-refractivity contribution is 0.0600. The van der Waals surface area contributed by atoms with Crippen LogP contribution in [0, 0.1) is 0 Å². The summed E-state index contributed by atoms with van der Waals surface area (Å²) in [5.41, 5.74) is 1.42. The van der Waals surface area contributed by atoms with E-state index in [-0.39, 0.29) is 5.91 Å². The number of nitrogens with one attached hydrogen (secondary N) is 1. The molecule has 0 unspecified atom stereocenters. The highest BCUT2D eigenvalue weighted by molar-refractivity contribution is 9.10. The maximum Gasteiger partial charge on any atom is 0.337 e. The van der Waals surface area contributed by atoms with Gasteiger partial charge in [0.1, 0.15) is 5.75 Å². The molecule has 0 saturated heterocycles. The van der Waals surface area contributed by atoms with Crippen molar-refractivity contribution >= 4 is 33.5 Å². The molecule has 0 aromatic heterocycles. The zero-order chi connectivity index (χ0) is 16.8. The van der Waals surface area contributed by atoms with Gasteiger partial charge in [0.15, 0.2) is 0 Å². The van der Waals surface area contributed by atoms with Gasteiger partial charge in [-0.1, -0.05) is 15.9 Å². The number of esters is 1. The highest BCUT2D eigenvalue weighted by atomic mass is 79.9. The van der Waals surface area contributed by atoms with Crippen molar-refractivity contribution in [2.24, 2.45) is 0 Å². The predicted octanol–water partition coefficient (Wildman–Crippen LogP) is 3.89. The van der Waals surface area contributed by atoms with Crippen LogP contribution in [-0.2, 0) is 4.74 Å². The number of anilines is 1. The monoisotopic (exact) mass is 377 g/mol. The summed E-state index contributed by atoms with van der Waals surface area (Å²) in [6.07, 6.45) is 0. The molecule has 0 radical (unpaired) electrons. The van der Waals surface area contributed by atoms with Gasteiger partial charge < -0.3 is 14.8 Å². The van der Waals surface area contributed by atoms with Gasteiger partial charge in [0.25, 0.3) is 5.91 Å². The first-order chi connectivity index (χ1) is 11.0. The van der Waals surface area contributed by atoms with Crippen LogP contribution in [0.1, 0.15) is 27.6 Å². The number of benzene rings is 2. The number of halogens is 1. The number of hydrogen-bond acceptors (Lipinski definition) is 4. The molecule has 23 heavy (non-hydrogen) atoms. The molecule has 2 rings (SSSR count). The molecule has 1 amide bonds. The normalized spacial score (nSPS) is 10.0. The van der Waals surface area contributed by atoms with Crippen LogP contribution < -0.4 is 10.1 Å². The summed E-state index contributed by atoms with van der Waals surface area (Å²) in [5, 5.41) is 2.78. The largest absolute Gasteiger partial charge is 0.493 e. The maximum atomic E-state index is 12.4. The van der Waals surface area contributed by atoms with E-state index < -0.39 is 5.97 Å². The van der Waals surface area contributed by atoms with Gasteiger partial charge in [-0.15, -0.1) is 0 Å². The van der Waals surface area contributed by atoms with Crippen LogP contribution in [0.5, 0.6) is 5.75 Å². The van der Waals surface area contributed by atoms with Crippen LogP contribution in [0.3, 0.4) is 0 Å². The number of hydrogen-bond donors (Lipinski definition) is 1. The summed E-state index contributed by atoms with van der Waals surface area (Å²) >= 11 is 3.35. The first kappa shape index (κ1) is 17.0. The van der Waals surface area contributed by atoms with E-state index in [0.717, 1.165) is 4.47 Å². The van der Waals surface area contributed by atoms with Crippen LogP contribution in [0.15, 0.2) is 46.9 Å². The fraction of sp³-hybridized carbons (Fsp3) is 0.176. The van der Waals surface area contributed by atoms with Crippen molar-refractivity contribution in [2.45, 2.75) is 6.92 Å². The van der Waals surface area contributed by atoms with Crippen molar-refractivity contribution in [3.8, 4) is 5.75 Å². The van der Waals surface area contributed by atoms with Gasteiger partial charge in [0.05, 0.1) is 24.8 Å². The minimum atomic E-state index is -0.423. The Bertz CT molecular complexity index is 713. The second kappa shape index (κ2) is 7.78. The third-order valence-corrected chi connectivity index (χ3v) is 3.54. The maximum absolute atomic E-state index is 12.4. The second-order valence-electron chi connectivity index (χ2n) is 4.60. The van der Waals surface area contributed by atoms with Crippen molar-refractivity contribution < 1.29 is 19.1 Å². The molecular weight excluding hydrogens is 362 g/mol. The number of rotatable bonds is 5. The quantitative estimate of drug-likeness (QED) is 0.802. The van der Waals surface area contributed by atoms with Crippen LogP contribution >= 0.6 is 15.9 Å². The Labute approximate surface area is 142 Å². The minimum absolute atomic E-state index is 0.291. The van der Waals surface area contributed by atoms with Gasteiger partial charge in [0, 0.05) is 10.2 Å². The third kappa shape index (κ3) is 4.32. The number of amides is 1. The number of carbonyl (C=O) groups excluding carboxylic acids is 2. The molecule has 6 heteroatoms. The lowest BCUT2D eigenvalue weighted by atomic mass is 10.1. The summed E-state index contributed by atoms with van der Waals surface area (Å²) in [7, 11) is 1.32. The summed E-state index contributed by atoms with van der Waals surface area (Å²) in [5.74, 6) is -0.201. The summed E-state index contributed by atoms with van der Waals surface area (Å²) in [6.45, 7) is 2.32. The highest BCUT2D eigenvalue weighted by Gasteiger charge is 2.14. The Balaban J connectivity index is 2.19. The van der Waals surface area contributed by atoms with Crippen molar-refractivity contribution in [1.82, 2.24) is 0 Å². The van der Waals surface area contributed by atoms with Crippen molar-refractivity contribution in [3.63, 3.8) is 0 Å². The molecule has 0 aliphatic heterocycles. The van der Waals surface area contributed by atoms with Crippen LogP contribution in [-0.4, -0.2) is 25.6 Å². The molecule has 0 aliphatic rings. The molecule has 0 saturated carbocycles. The van der Waals surface area contributed by atoms with Crippen molar-refractivity contribution in [3.05, 3.63) is 58.1 Å². The van der Waals surface area contributed by atoms with E-state index in [1.165, 1.54) is 7.11 Å². The first-order valence-corrected chi connectivity index (χ1v) is 7.76. The van der Waals surface area contributed by atoms with E-state index in [9.17, 15) is 9.59 Å². The molecule has 5 nitrogen and oxygen atoms in total. The number of carbonyl (C=O) groups is 2. The zero-order valence-electron chi connectivity index (χ0n) is 12.8. The van der Waals surface area contributed by atoms with E-state index in [4.69, 9.17) is 4.74 Å². The smallest absolute Gasteiger partial charge is 0.337 e. The molecule has 2 aromatic carbocycles. The summed E-state index contributed by atoms with van der Waals surface area (Å²) in [4.78, 5) is 23.8. The first-order valence-electron chi connectivity index (χ1n) is 6.97. The fourth-order valence-electron chi connectivity index (χ4n) is 1.97. The standard InChI is InChI=1S/C17H16BrNO4/c1-3-23-15-9-6-12(18)10-14(15)16(20)19-13-7-4-11(5-8-13)17(21)22-2/h4-10H,3H2,1-2H3,(H,19,20). The highest BCUT2D eigenvalue weighted by Crippen LogP contribution is 2.24. The Morgan fingerprint density at radius 3 is 2.43 bits per heavy atom. The molecule has 0 fully saturated rings. The fourth-order valence-corrected chi connectivity index (χ4v) is 2.33. The molecule has 120 valence electrons. The van der Waals surface area contributed by atoms with E-state index in [1.807, 2.05) is 13.0 Å². The van der Waals surface area contributed by atoms with Crippen LogP contribution in [0.2, 0.25) is 0 Å². The van der Waals surface area contributed by atoms with Gasteiger partial charge in [-0.2, -0.15) is 0 Å². The summed E-state index contributed by atoms with van der Waals surface area (Å²) in [6, 6.07) is 11.7. The average molecular weight is 378 g/mol. The summed E-state index contributed by atoms with van der Waals surface area (Å²) < 4.78 is 10.9. The number of methoxy groups -OCH3 is 1. The van der Waals surface area contributed by atoms with Crippen LogP contribution in [0.4, 0.5) is 5.69 Å². The zero-order valence-corrected chi connectivity index (χ0v) is 14.3. The van der Waals surface area contributed by atoms with E-state index in [0.29, 0.717) is 29.2 Å². The van der Waals surface area contributed by atoms with Gasteiger partial charge in [-0.3, -0.25) is 4.79 Å². The molecule has 2 aromatic rings. The van der Waals surface area contributed by atoms with Crippen molar-refractivity contribution in [2.75, 3.05) is 19.0 Å². The lowest BCUT2D eigenvalue weighted by Gasteiger charge is -2.11. The molecule has 0 spiro atoms. The molecule has 0 aliphatic carbocycles. The second-order valence-corrected chi connectivity index (χ2v) is 5.51. The Morgan fingerprint density at radius 1 is 1.13 bits per heavy atom. The Morgan fingerprint density at radius 2 is 1.83 bits per heavy atom. The average Bonchev–Trinajstić information content (AvgIpc) is 2.56. The van der Waals surface area contributed by atoms with E-state index in [1.54, 1.807) is 36.4 Å². The topological polar surface area (TPSA) is 64.6 Å². The minimum Gasteiger partial charge on any atom is -0.493 e. The van der Waals surface area contributed by atoms with E-state index >= 15 is 0 Å². The van der Waals surface area contributed by atoms with Crippen LogP contribution in [0.25, 0.3) is 0 Å². The molecule has 0 bridgehead atoms. The van der Waals surface area contributed by atoms with E-state index in [2.05, 4.69) is 26.0 Å².